The van der Waals surface area contributed by atoms with Gasteiger partial charge in [-0.15, -0.1) is 0 Å². The van der Waals surface area contributed by atoms with Crippen molar-refractivity contribution in [1.82, 2.24) is 4.90 Å². The molecule has 0 spiro atoms. The molecule has 0 heterocycles. The average molecular weight is 317 g/mol. The van der Waals surface area contributed by atoms with Gasteiger partial charge in [-0.05, 0) is 37.1 Å². The highest BCUT2D eigenvalue weighted by molar-refractivity contribution is 9.10. The molecule has 0 bridgehead atoms. The summed E-state index contributed by atoms with van der Waals surface area (Å²) < 4.78 is 14.3. The zero-order valence-electron chi connectivity index (χ0n) is 10.6. The fourth-order valence-corrected chi connectivity index (χ4v) is 1.99. The third kappa shape index (κ3) is 4.74. The number of hydrogen-bond acceptors (Lipinski definition) is 2. The second-order valence-electron chi connectivity index (χ2n) is 4.48. The number of halogens is 2. The summed E-state index contributed by atoms with van der Waals surface area (Å²) in [4.78, 5) is 13.3. The molecule has 1 atom stereocenters. The Hall–Kier alpha value is -0.940. The first kappa shape index (κ1) is 15.1. The van der Waals surface area contributed by atoms with Crippen molar-refractivity contribution >= 4 is 21.8 Å². The molecule has 0 saturated carbocycles. The maximum atomic E-state index is 13.5. The van der Waals surface area contributed by atoms with Crippen LogP contribution in [0.1, 0.15) is 18.9 Å². The van der Waals surface area contributed by atoms with Crippen molar-refractivity contribution in [3.8, 4) is 0 Å². The highest BCUT2D eigenvalue weighted by Gasteiger charge is 2.11. The Kier molecular flexibility index (Phi) is 5.75. The van der Waals surface area contributed by atoms with E-state index in [1.165, 1.54) is 6.07 Å². The minimum Gasteiger partial charge on any atom is -0.345 e. The van der Waals surface area contributed by atoms with Crippen molar-refractivity contribution in [2.75, 3.05) is 13.6 Å². The highest BCUT2D eigenvalue weighted by Crippen LogP contribution is 2.16. The van der Waals surface area contributed by atoms with E-state index in [1.54, 1.807) is 31.0 Å². The highest BCUT2D eigenvalue weighted by atomic mass is 79.9. The van der Waals surface area contributed by atoms with E-state index in [0.717, 1.165) is 4.47 Å². The maximum Gasteiger partial charge on any atom is 0.223 e. The van der Waals surface area contributed by atoms with Crippen molar-refractivity contribution in [3.05, 3.63) is 34.1 Å². The van der Waals surface area contributed by atoms with Crippen LogP contribution in [-0.4, -0.2) is 30.4 Å². The number of nitrogens with two attached hydrogens (primary N) is 1. The van der Waals surface area contributed by atoms with Gasteiger partial charge in [-0.25, -0.2) is 4.39 Å². The maximum absolute atomic E-state index is 13.5. The SMILES string of the molecule is CC(N)CC(=O)N(C)CCc1cc(Br)ccc1F. The Bertz CT molecular complexity index is 423. The summed E-state index contributed by atoms with van der Waals surface area (Å²) in [5.41, 5.74) is 6.17. The predicted molar refractivity (Wildman–Crippen MR) is 73.7 cm³/mol. The zero-order valence-corrected chi connectivity index (χ0v) is 12.2. The summed E-state index contributed by atoms with van der Waals surface area (Å²) in [7, 11) is 1.71. The minimum absolute atomic E-state index is 0.0135. The molecule has 2 N–H and O–H groups in total. The molecule has 0 radical (unpaired) electrons. The summed E-state index contributed by atoms with van der Waals surface area (Å²) in [6.45, 7) is 2.28. The zero-order chi connectivity index (χ0) is 13.7. The van der Waals surface area contributed by atoms with Gasteiger partial charge in [0.25, 0.3) is 0 Å². The van der Waals surface area contributed by atoms with E-state index in [4.69, 9.17) is 5.73 Å². The number of benzene rings is 1. The lowest BCUT2D eigenvalue weighted by atomic mass is 10.1. The topological polar surface area (TPSA) is 46.3 Å². The summed E-state index contributed by atoms with van der Waals surface area (Å²) in [6, 6.07) is 4.66. The van der Waals surface area contributed by atoms with Gasteiger partial charge in [0.1, 0.15) is 5.82 Å². The van der Waals surface area contributed by atoms with E-state index in [-0.39, 0.29) is 17.8 Å². The van der Waals surface area contributed by atoms with Crippen LogP contribution in [0.2, 0.25) is 0 Å². The van der Waals surface area contributed by atoms with Gasteiger partial charge in [-0.2, -0.15) is 0 Å². The van der Waals surface area contributed by atoms with Crippen LogP contribution in [-0.2, 0) is 11.2 Å². The molecule has 1 aromatic rings. The Morgan fingerprint density at radius 3 is 2.83 bits per heavy atom. The Morgan fingerprint density at radius 1 is 1.56 bits per heavy atom. The summed E-state index contributed by atoms with van der Waals surface area (Å²) in [6.07, 6.45) is 0.809. The summed E-state index contributed by atoms with van der Waals surface area (Å²) >= 11 is 3.30. The van der Waals surface area contributed by atoms with Gasteiger partial charge in [0.15, 0.2) is 0 Å². The second-order valence-corrected chi connectivity index (χ2v) is 5.40. The monoisotopic (exact) mass is 316 g/mol. The van der Waals surface area contributed by atoms with Crippen LogP contribution < -0.4 is 5.73 Å². The third-order valence-corrected chi connectivity index (χ3v) is 3.14. The van der Waals surface area contributed by atoms with Gasteiger partial charge in [0.2, 0.25) is 5.91 Å². The molecular formula is C13H18BrFN2O. The van der Waals surface area contributed by atoms with Crippen LogP contribution in [0.4, 0.5) is 4.39 Å². The van der Waals surface area contributed by atoms with Crippen LogP contribution in [0, 0.1) is 5.82 Å². The molecular weight excluding hydrogens is 299 g/mol. The quantitative estimate of drug-likeness (QED) is 0.906. The first-order valence-electron chi connectivity index (χ1n) is 5.83. The van der Waals surface area contributed by atoms with E-state index in [0.29, 0.717) is 24.9 Å². The second kappa shape index (κ2) is 6.85. The van der Waals surface area contributed by atoms with Crippen LogP contribution in [0.3, 0.4) is 0 Å². The van der Waals surface area contributed by atoms with Gasteiger partial charge in [0, 0.05) is 30.5 Å². The van der Waals surface area contributed by atoms with Gasteiger partial charge < -0.3 is 10.6 Å². The number of carbonyl (C=O) groups excluding carboxylic acids is 1. The van der Waals surface area contributed by atoms with Crippen molar-refractivity contribution in [1.29, 1.82) is 0 Å². The molecule has 100 valence electrons. The van der Waals surface area contributed by atoms with Crippen molar-refractivity contribution < 1.29 is 9.18 Å². The first-order chi connectivity index (χ1) is 8.40. The fourth-order valence-electron chi connectivity index (χ4n) is 1.58. The lowest BCUT2D eigenvalue weighted by Gasteiger charge is -2.18. The normalized spacial score (nSPS) is 12.3. The predicted octanol–water partition coefficient (Wildman–Crippen LogP) is 2.33. The van der Waals surface area contributed by atoms with Gasteiger partial charge in [-0.1, -0.05) is 15.9 Å². The van der Waals surface area contributed by atoms with Crippen LogP contribution >= 0.6 is 15.9 Å². The molecule has 0 saturated heterocycles. The number of amides is 1. The molecule has 1 rings (SSSR count). The number of hydrogen-bond donors (Lipinski definition) is 1. The molecule has 3 nitrogen and oxygen atoms in total. The first-order valence-corrected chi connectivity index (χ1v) is 6.63. The van der Waals surface area contributed by atoms with Crippen LogP contribution in [0.25, 0.3) is 0 Å². The number of nitrogens with zero attached hydrogens (tertiary/aromatic N) is 1. The molecule has 1 aromatic carbocycles. The van der Waals surface area contributed by atoms with Crippen molar-refractivity contribution in [2.24, 2.45) is 5.73 Å². The Morgan fingerprint density at radius 2 is 2.22 bits per heavy atom. The van der Waals surface area contributed by atoms with E-state index in [2.05, 4.69) is 15.9 Å². The van der Waals surface area contributed by atoms with Gasteiger partial charge in [0.05, 0.1) is 0 Å². The molecule has 0 aliphatic carbocycles. The van der Waals surface area contributed by atoms with Gasteiger partial charge >= 0.3 is 0 Å². The number of rotatable bonds is 5. The molecule has 1 unspecified atom stereocenters. The number of carbonyl (C=O) groups is 1. The van der Waals surface area contributed by atoms with Crippen LogP contribution in [0.15, 0.2) is 22.7 Å². The Balaban J connectivity index is 2.54. The molecule has 0 aliphatic heterocycles. The Labute approximate surface area is 115 Å². The molecule has 5 heteroatoms. The summed E-state index contributed by atoms with van der Waals surface area (Å²) in [5.74, 6) is -0.258. The van der Waals surface area contributed by atoms with Crippen LogP contribution in [0.5, 0.6) is 0 Å². The number of likely N-dealkylation sites (N-methyl/N-ethyl adjacent to an activating group) is 1. The largest absolute Gasteiger partial charge is 0.345 e. The average Bonchev–Trinajstić information content (AvgIpc) is 2.29. The fraction of sp³-hybridized carbons (Fsp3) is 0.462. The molecule has 0 aliphatic rings. The molecule has 1 amide bonds. The van der Waals surface area contributed by atoms with E-state index in [1.807, 2.05) is 0 Å². The van der Waals surface area contributed by atoms with E-state index >= 15 is 0 Å². The lowest BCUT2D eigenvalue weighted by molar-refractivity contribution is -0.130. The smallest absolute Gasteiger partial charge is 0.223 e. The molecule has 0 fully saturated rings. The molecule has 0 aromatic heterocycles. The standard InChI is InChI=1S/C13H18BrFN2O/c1-9(16)7-13(18)17(2)6-5-10-8-11(14)3-4-12(10)15/h3-4,8-9H,5-7,16H2,1-2H3. The van der Waals surface area contributed by atoms with Crippen molar-refractivity contribution in [2.45, 2.75) is 25.8 Å². The van der Waals surface area contributed by atoms with Gasteiger partial charge in [-0.3, -0.25) is 4.79 Å². The minimum atomic E-state index is -0.244. The van der Waals surface area contributed by atoms with E-state index in [9.17, 15) is 9.18 Å². The summed E-state index contributed by atoms with van der Waals surface area (Å²) in [5, 5.41) is 0. The molecule has 18 heavy (non-hydrogen) atoms. The van der Waals surface area contributed by atoms with Crippen molar-refractivity contribution in [3.63, 3.8) is 0 Å². The third-order valence-electron chi connectivity index (χ3n) is 2.65. The van der Waals surface area contributed by atoms with E-state index < -0.39 is 0 Å². The lowest BCUT2D eigenvalue weighted by Crippen LogP contribution is -2.33.